The first-order valence-electron chi connectivity index (χ1n) is 8.33. The van der Waals surface area contributed by atoms with Gasteiger partial charge < -0.3 is 14.2 Å². The summed E-state index contributed by atoms with van der Waals surface area (Å²) in [5.41, 5.74) is 2.63. The molecule has 0 amide bonds. The summed E-state index contributed by atoms with van der Waals surface area (Å²) in [5.74, 6) is 0.135. The summed E-state index contributed by atoms with van der Waals surface area (Å²) in [6, 6.07) is 22.1. The molecule has 3 atom stereocenters. The molecule has 25 heavy (non-hydrogen) atoms. The Labute approximate surface area is 148 Å². The van der Waals surface area contributed by atoms with Gasteiger partial charge in [0.25, 0.3) is 5.95 Å². The third-order valence-corrected chi connectivity index (χ3v) is 4.37. The number of allylic oxidation sites excluding steroid dienone is 1. The molecule has 0 saturated heterocycles. The second kappa shape index (κ2) is 7.87. The smallest absolute Gasteiger partial charge is 0.296 e. The van der Waals surface area contributed by atoms with Crippen molar-refractivity contribution in [3.05, 3.63) is 83.3 Å². The van der Waals surface area contributed by atoms with Crippen LogP contribution in [0.3, 0.4) is 0 Å². The van der Waals surface area contributed by atoms with Gasteiger partial charge in [-0.1, -0.05) is 60.7 Å². The normalized spacial score (nSPS) is 21.2. The molecular formula is C21H21NO3. The number of methoxy groups -OCH3 is 1. The monoisotopic (exact) mass is 335 g/mol. The molecule has 1 aliphatic heterocycles. The van der Waals surface area contributed by atoms with Crippen LogP contribution in [0.5, 0.6) is 0 Å². The molecule has 0 unspecified atom stereocenters. The Morgan fingerprint density at radius 1 is 1.08 bits per heavy atom. The SMILES string of the molecule is COC1=C(C#N)[C@H](c2ccccc2)C[C@H](O[C@@H](C)c2ccccc2)O1. The summed E-state index contributed by atoms with van der Waals surface area (Å²) in [5, 5.41) is 9.56. The van der Waals surface area contributed by atoms with Crippen molar-refractivity contribution in [3.63, 3.8) is 0 Å². The van der Waals surface area contributed by atoms with Gasteiger partial charge in [0.15, 0.2) is 0 Å². The highest BCUT2D eigenvalue weighted by molar-refractivity contribution is 5.38. The molecule has 2 aromatic rings. The van der Waals surface area contributed by atoms with E-state index in [1.54, 1.807) is 0 Å². The molecule has 1 aliphatic rings. The van der Waals surface area contributed by atoms with E-state index in [1.807, 2.05) is 67.6 Å². The third-order valence-electron chi connectivity index (χ3n) is 4.37. The third kappa shape index (κ3) is 3.84. The van der Waals surface area contributed by atoms with Gasteiger partial charge in [-0.3, -0.25) is 0 Å². The van der Waals surface area contributed by atoms with Crippen molar-refractivity contribution >= 4 is 0 Å². The lowest BCUT2D eigenvalue weighted by molar-refractivity contribution is -0.183. The Kier molecular flexibility index (Phi) is 5.37. The van der Waals surface area contributed by atoms with E-state index in [4.69, 9.17) is 14.2 Å². The molecule has 0 aliphatic carbocycles. The second-order valence-corrected chi connectivity index (χ2v) is 5.95. The van der Waals surface area contributed by atoms with E-state index in [0.717, 1.165) is 11.1 Å². The van der Waals surface area contributed by atoms with Gasteiger partial charge >= 0.3 is 0 Å². The molecule has 2 aromatic carbocycles. The van der Waals surface area contributed by atoms with Crippen LogP contribution in [-0.2, 0) is 14.2 Å². The molecule has 3 rings (SSSR count). The number of rotatable bonds is 5. The predicted octanol–water partition coefficient (Wildman–Crippen LogP) is 4.68. The summed E-state index contributed by atoms with van der Waals surface area (Å²) < 4.78 is 17.2. The Morgan fingerprint density at radius 2 is 1.72 bits per heavy atom. The highest BCUT2D eigenvalue weighted by Gasteiger charge is 2.34. The number of benzene rings is 2. The minimum Gasteiger partial charge on any atom is -0.468 e. The number of hydrogen-bond donors (Lipinski definition) is 0. The molecule has 4 heteroatoms. The van der Waals surface area contributed by atoms with Crippen LogP contribution in [0, 0.1) is 11.3 Å². The summed E-state index contributed by atoms with van der Waals surface area (Å²) in [7, 11) is 1.51. The Morgan fingerprint density at radius 3 is 2.32 bits per heavy atom. The molecule has 0 N–H and O–H groups in total. The van der Waals surface area contributed by atoms with Crippen LogP contribution in [0.4, 0.5) is 0 Å². The fourth-order valence-electron chi connectivity index (χ4n) is 3.07. The van der Waals surface area contributed by atoms with Gasteiger partial charge in [-0.15, -0.1) is 0 Å². The lowest BCUT2D eigenvalue weighted by Gasteiger charge is -2.32. The standard InChI is InChI=1S/C21H21NO3/c1-15(16-9-5-3-6-10-16)24-20-13-18(17-11-7-4-8-12-17)19(14-22)21(23-2)25-20/h3-12,15,18,20H,13H2,1-2H3/t15-,18-,20+/m0/s1. The molecule has 128 valence electrons. The molecule has 1 heterocycles. The Bertz CT molecular complexity index is 765. The largest absolute Gasteiger partial charge is 0.468 e. The molecule has 0 aromatic heterocycles. The van der Waals surface area contributed by atoms with Crippen LogP contribution in [0.1, 0.15) is 36.5 Å². The first-order valence-corrected chi connectivity index (χ1v) is 8.33. The van der Waals surface area contributed by atoms with Crippen molar-refractivity contribution in [2.45, 2.75) is 31.7 Å². The van der Waals surface area contributed by atoms with Crippen LogP contribution in [0.25, 0.3) is 0 Å². The highest BCUT2D eigenvalue weighted by atomic mass is 16.8. The van der Waals surface area contributed by atoms with E-state index in [0.29, 0.717) is 12.0 Å². The van der Waals surface area contributed by atoms with Gasteiger partial charge in [0, 0.05) is 12.3 Å². The van der Waals surface area contributed by atoms with E-state index >= 15 is 0 Å². The van der Waals surface area contributed by atoms with E-state index < -0.39 is 6.29 Å². The van der Waals surface area contributed by atoms with Crippen LogP contribution < -0.4 is 0 Å². The van der Waals surface area contributed by atoms with Crippen LogP contribution in [0.2, 0.25) is 0 Å². The maximum absolute atomic E-state index is 9.56. The van der Waals surface area contributed by atoms with Crippen molar-refractivity contribution in [3.8, 4) is 6.07 Å². The van der Waals surface area contributed by atoms with Crippen molar-refractivity contribution in [1.29, 1.82) is 5.26 Å². The zero-order valence-electron chi connectivity index (χ0n) is 14.4. The minimum atomic E-state index is -0.479. The Hall–Kier alpha value is -2.77. The highest BCUT2D eigenvalue weighted by Crippen LogP contribution is 2.38. The molecule has 4 nitrogen and oxygen atoms in total. The first-order chi connectivity index (χ1) is 12.2. The first kappa shape index (κ1) is 17.1. The van der Waals surface area contributed by atoms with Crippen molar-refractivity contribution in [2.24, 2.45) is 0 Å². The average molecular weight is 335 g/mol. The van der Waals surface area contributed by atoms with Gasteiger partial charge in [-0.2, -0.15) is 5.26 Å². The van der Waals surface area contributed by atoms with Crippen molar-refractivity contribution in [1.82, 2.24) is 0 Å². The van der Waals surface area contributed by atoms with Gasteiger partial charge in [-0.05, 0) is 18.1 Å². The summed E-state index contributed by atoms with van der Waals surface area (Å²) in [4.78, 5) is 0. The topological polar surface area (TPSA) is 51.5 Å². The minimum absolute atomic E-state index is 0.108. The molecule has 0 radical (unpaired) electrons. The lowest BCUT2D eigenvalue weighted by Crippen LogP contribution is -2.28. The van der Waals surface area contributed by atoms with E-state index in [9.17, 15) is 5.26 Å². The molecule has 0 saturated carbocycles. The average Bonchev–Trinajstić information content (AvgIpc) is 2.68. The maximum Gasteiger partial charge on any atom is 0.296 e. The number of nitrogens with zero attached hydrogens (tertiary/aromatic N) is 1. The van der Waals surface area contributed by atoms with Crippen LogP contribution >= 0.6 is 0 Å². The number of ether oxygens (including phenoxy) is 3. The van der Waals surface area contributed by atoms with Gasteiger partial charge in [0.1, 0.15) is 11.6 Å². The predicted molar refractivity (Wildman–Crippen MR) is 94.3 cm³/mol. The van der Waals surface area contributed by atoms with Crippen LogP contribution in [-0.4, -0.2) is 13.4 Å². The van der Waals surface area contributed by atoms with Crippen molar-refractivity contribution in [2.75, 3.05) is 7.11 Å². The summed E-state index contributed by atoms with van der Waals surface area (Å²) in [6.45, 7) is 1.99. The molecular weight excluding hydrogens is 314 g/mol. The quantitative estimate of drug-likeness (QED) is 0.796. The van der Waals surface area contributed by atoms with Crippen LogP contribution in [0.15, 0.2) is 72.2 Å². The summed E-state index contributed by atoms with van der Waals surface area (Å²) >= 11 is 0. The van der Waals surface area contributed by atoms with Gasteiger partial charge in [0.2, 0.25) is 6.29 Å². The number of nitriles is 1. The molecule has 0 spiro atoms. The van der Waals surface area contributed by atoms with Gasteiger partial charge in [-0.25, -0.2) is 0 Å². The van der Waals surface area contributed by atoms with Crippen molar-refractivity contribution < 1.29 is 14.2 Å². The van der Waals surface area contributed by atoms with E-state index in [2.05, 4.69) is 6.07 Å². The summed E-state index contributed by atoms with van der Waals surface area (Å²) in [6.07, 6.45) is -0.0338. The Balaban J connectivity index is 1.84. The zero-order valence-corrected chi connectivity index (χ0v) is 14.4. The molecule has 0 bridgehead atoms. The van der Waals surface area contributed by atoms with E-state index in [-0.39, 0.29) is 18.0 Å². The zero-order chi connectivity index (χ0) is 17.6. The van der Waals surface area contributed by atoms with Gasteiger partial charge in [0.05, 0.1) is 13.2 Å². The number of hydrogen-bond acceptors (Lipinski definition) is 4. The fraction of sp³-hybridized carbons (Fsp3) is 0.286. The molecule has 0 fully saturated rings. The second-order valence-electron chi connectivity index (χ2n) is 5.95. The fourth-order valence-corrected chi connectivity index (χ4v) is 3.07. The lowest BCUT2D eigenvalue weighted by atomic mass is 9.87. The van der Waals surface area contributed by atoms with E-state index in [1.165, 1.54) is 7.11 Å². The maximum atomic E-state index is 9.56.